The van der Waals surface area contributed by atoms with Crippen LogP contribution >= 0.6 is 11.3 Å². The lowest BCUT2D eigenvalue weighted by molar-refractivity contribution is -0.613. The molecule has 6 aliphatic carbocycles. The van der Waals surface area contributed by atoms with Gasteiger partial charge in [0.1, 0.15) is 0 Å². The Balaban J connectivity index is 1.49. The summed E-state index contributed by atoms with van der Waals surface area (Å²) in [6.07, 6.45) is 0. The van der Waals surface area contributed by atoms with Crippen LogP contribution in [0.2, 0.25) is 0 Å². The van der Waals surface area contributed by atoms with E-state index in [9.17, 15) is 9.90 Å². The number of carboxylic acids is 1. The normalized spacial score (nSPS) is 65.7. The molecule has 17 heavy (non-hydrogen) atoms. The molecular weight excluding hydrogens is 234 g/mol. The van der Waals surface area contributed by atoms with E-state index in [1.54, 1.807) is 11.3 Å². The molecule has 1 aromatic rings. The van der Waals surface area contributed by atoms with E-state index in [4.69, 9.17) is 4.98 Å². The van der Waals surface area contributed by atoms with E-state index in [-0.39, 0.29) is 5.41 Å². The Morgan fingerprint density at radius 3 is 2.29 bits per heavy atom. The summed E-state index contributed by atoms with van der Waals surface area (Å²) in [5.41, 5.74) is 1.46. The smallest absolute Gasteiger partial charge is 0.310 e. The number of aromatic nitrogens is 1. The summed E-state index contributed by atoms with van der Waals surface area (Å²) in [5.74, 6) is 3.18. The molecule has 0 saturated heterocycles. The molecule has 0 bridgehead atoms. The highest BCUT2D eigenvalue weighted by Gasteiger charge is 3.12. The Bertz CT molecular complexity index is 580. The van der Waals surface area contributed by atoms with Gasteiger partial charge in [0.25, 0.3) is 0 Å². The zero-order chi connectivity index (χ0) is 11.3. The summed E-state index contributed by atoms with van der Waals surface area (Å²) in [5, 5.41) is 12.8. The molecule has 3 nitrogen and oxygen atoms in total. The molecule has 86 valence electrons. The summed E-state index contributed by atoms with van der Waals surface area (Å²) in [6, 6.07) is 0. The van der Waals surface area contributed by atoms with Crippen molar-refractivity contribution in [1.82, 2.24) is 4.98 Å². The monoisotopic (exact) mass is 245 g/mol. The van der Waals surface area contributed by atoms with Gasteiger partial charge in [-0.1, -0.05) is 0 Å². The van der Waals surface area contributed by atoms with E-state index in [1.165, 1.54) is 5.69 Å². The van der Waals surface area contributed by atoms with Crippen LogP contribution in [0.5, 0.6) is 0 Å². The van der Waals surface area contributed by atoms with Crippen molar-refractivity contribution in [3.63, 3.8) is 0 Å². The molecule has 0 aromatic carbocycles. The summed E-state index contributed by atoms with van der Waals surface area (Å²) >= 11 is 1.74. The zero-order valence-electron chi connectivity index (χ0n) is 9.25. The Morgan fingerprint density at radius 2 is 1.88 bits per heavy atom. The third-order valence-electron chi connectivity index (χ3n) is 7.06. The summed E-state index contributed by atoms with van der Waals surface area (Å²) < 4.78 is 0. The summed E-state index contributed by atoms with van der Waals surface area (Å²) in [6.45, 7) is 2.06. The van der Waals surface area contributed by atoms with Gasteiger partial charge in [0.2, 0.25) is 0 Å². The van der Waals surface area contributed by atoms with E-state index in [1.807, 2.05) is 0 Å². The fraction of sp³-hybridized carbons (Fsp3) is 0.692. The largest absolute Gasteiger partial charge is 0.481 e. The topological polar surface area (TPSA) is 50.2 Å². The van der Waals surface area contributed by atoms with Crippen molar-refractivity contribution in [3.05, 3.63) is 16.1 Å². The van der Waals surface area contributed by atoms with Crippen LogP contribution in [0.3, 0.4) is 0 Å². The number of hydrogen-bond acceptors (Lipinski definition) is 3. The Hall–Kier alpha value is -0.900. The van der Waals surface area contributed by atoms with Crippen LogP contribution in [0.15, 0.2) is 5.38 Å². The first kappa shape index (κ1) is 8.25. The molecule has 7 rings (SSSR count). The minimum Gasteiger partial charge on any atom is -0.481 e. The predicted molar refractivity (Wildman–Crippen MR) is 59.5 cm³/mol. The number of thiazole rings is 1. The average Bonchev–Trinajstić information content (AvgIpc) is 2.75. The van der Waals surface area contributed by atoms with Crippen molar-refractivity contribution in [3.8, 4) is 0 Å². The molecular formula is C13H11NO2S. The van der Waals surface area contributed by atoms with E-state index >= 15 is 0 Å². The molecule has 0 unspecified atom stereocenters. The standard InChI is InChI=1S/C13H11NO2S/c1-3-14-4(2-17-3)12-5-8-6(12)10-7(12)9(5)13(8,10)11(15)16/h2,5-10H,1H3,(H,15,16). The quantitative estimate of drug-likeness (QED) is 0.859. The van der Waals surface area contributed by atoms with Crippen molar-refractivity contribution >= 4 is 17.3 Å². The maximum atomic E-state index is 11.4. The van der Waals surface area contributed by atoms with Crippen LogP contribution in [0.1, 0.15) is 10.7 Å². The molecule has 1 N–H and O–H groups in total. The number of carboxylic acid groups (broad SMARTS) is 1. The first-order valence-corrected chi connectivity index (χ1v) is 7.22. The summed E-state index contributed by atoms with van der Waals surface area (Å²) in [4.78, 5) is 16.1. The van der Waals surface area contributed by atoms with Gasteiger partial charge < -0.3 is 5.11 Å². The highest BCUT2D eigenvalue weighted by Crippen LogP contribution is 3.09. The van der Waals surface area contributed by atoms with Gasteiger partial charge in [-0.25, -0.2) is 4.98 Å². The SMILES string of the molecule is Cc1nc(C23C4C5C2C2C3C4C52C(=O)O)cs1. The molecule has 1 heterocycles. The second-order valence-corrected chi connectivity index (χ2v) is 7.64. The van der Waals surface area contributed by atoms with Gasteiger partial charge in [-0.3, -0.25) is 4.79 Å². The highest BCUT2D eigenvalue weighted by molar-refractivity contribution is 7.09. The fourth-order valence-electron chi connectivity index (χ4n) is 7.03. The van der Waals surface area contributed by atoms with E-state index in [0.717, 1.165) is 5.01 Å². The van der Waals surface area contributed by atoms with Crippen molar-refractivity contribution in [2.45, 2.75) is 12.3 Å². The van der Waals surface area contributed by atoms with Crippen LogP contribution in [0.25, 0.3) is 0 Å². The molecule has 0 radical (unpaired) electrons. The predicted octanol–water partition coefficient (Wildman–Crippen LogP) is 1.53. The molecule has 0 spiro atoms. The summed E-state index contributed by atoms with van der Waals surface area (Å²) in [7, 11) is 0. The van der Waals surface area contributed by atoms with Gasteiger partial charge in [-0.2, -0.15) is 0 Å². The Kier molecular flexibility index (Phi) is 0.862. The van der Waals surface area contributed by atoms with E-state index in [2.05, 4.69) is 12.3 Å². The van der Waals surface area contributed by atoms with Gasteiger partial charge in [-0.15, -0.1) is 11.3 Å². The number of hydrogen-bond donors (Lipinski definition) is 1. The van der Waals surface area contributed by atoms with Crippen molar-refractivity contribution < 1.29 is 9.90 Å². The lowest BCUT2D eigenvalue weighted by atomic mass is 8.92. The maximum Gasteiger partial charge on any atom is 0.310 e. The van der Waals surface area contributed by atoms with Gasteiger partial charge in [0.15, 0.2) is 0 Å². The average molecular weight is 245 g/mol. The molecule has 1 aromatic heterocycles. The molecule has 6 fully saturated rings. The lowest BCUT2D eigenvalue weighted by Gasteiger charge is -3.09. The van der Waals surface area contributed by atoms with Crippen LogP contribution < -0.4 is 0 Å². The number of nitrogens with zero attached hydrogens (tertiary/aromatic N) is 1. The second kappa shape index (κ2) is 1.78. The molecule has 6 aliphatic rings. The number of rotatable bonds is 2. The van der Waals surface area contributed by atoms with Crippen LogP contribution in [-0.4, -0.2) is 16.1 Å². The third-order valence-corrected chi connectivity index (χ3v) is 7.84. The van der Waals surface area contributed by atoms with Crippen molar-refractivity contribution in [2.75, 3.05) is 0 Å². The minimum absolute atomic E-state index is 0.229. The zero-order valence-corrected chi connectivity index (χ0v) is 10.1. The first-order chi connectivity index (χ1) is 8.17. The van der Waals surface area contributed by atoms with Gasteiger partial charge in [-0.05, 0) is 42.4 Å². The highest BCUT2D eigenvalue weighted by atomic mass is 32.1. The van der Waals surface area contributed by atoms with E-state index < -0.39 is 5.97 Å². The number of aliphatic carboxylic acids is 1. The van der Waals surface area contributed by atoms with Crippen molar-refractivity contribution in [2.24, 2.45) is 40.9 Å². The number of aryl methyl sites for hydroxylation is 1. The molecule has 4 heteroatoms. The van der Waals surface area contributed by atoms with Crippen LogP contribution in [0.4, 0.5) is 0 Å². The van der Waals surface area contributed by atoms with Gasteiger partial charge in [0.05, 0.1) is 16.1 Å². The molecule has 0 atom stereocenters. The molecule has 0 aliphatic heterocycles. The second-order valence-electron chi connectivity index (χ2n) is 6.58. The Labute approximate surface area is 102 Å². The maximum absolute atomic E-state index is 11.4. The van der Waals surface area contributed by atoms with Crippen LogP contribution in [-0.2, 0) is 10.2 Å². The molecule has 0 amide bonds. The van der Waals surface area contributed by atoms with Crippen LogP contribution in [0, 0.1) is 47.8 Å². The Morgan fingerprint density at radius 1 is 1.29 bits per heavy atom. The van der Waals surface area contributed by atoms with E-state index in [0.29, 0.717) is 40.9 Å². The third kappa shape index (κ3) is 0.404. The first-order valence-electron chi connectivity index (χ1n) is 6.34. The molecule has 6 saturated carbocycles. The fourth-order valence-corrected chi connectivity index (χ4v) is 7.72. The lowest BCUT2D eigenvalue weighted by Crippen LogP contribution is -3.12. The van der Waals surface area contributed by atoms with Crippen molar-refractivity contribution in [1.29, 1.82) is 0 Å². The number of carbonyl (C=O) groups is 1. The minimum atomic E-state index is -0.496. The van der Waals surface area contributed by atoms with Gasteiger partial charge >= 0.3 is 5.97 Å². The van der Waals surface area contributed by atoms with Gasteiger partial charge in [0, 0.05) is 10.8 Å².